The molecule has 2 heterocycles. The van der Waals surface area contributed by atoms with Gasteiger partial charge in [-0.15, -0.1) is 0 Å². The Morgan fingerprint density at radius 3 is 2.88 bits per heavy atom. The van der Waals surface area contributed by atoms with Gasteiger partial charge in [0, 0.05) is 15.3 Å². The Morgan fingerprint density at radius 1 is 1.31 bits per heavy atom. The van der Waals surface area contributed by atoms with Crippen LogP contribution in [0.15, 0.2) is 30.6 Å². The maximum Gasteiger partial charge on any atom is 0.137 e. The molecule has 16 heavy (non-hydrogen) atoms. The van der Waals surface area contributed by atoms with Crippen LogP contribution in [-0.2, 0) is 0 Å². The number of halogens is 1. The first-order chi connectivity index (χ1) is 7.70. The van der Waals surface area contributed by atoms with Gasteiger partial charge in [-0.05, 0) is 40.8 Å². The van der Waals surface area contributed by atoms with Gasteiger partial charge >= 0.3 is 0 Å². The number of anilines is 1. The van der Waals surface area contributed by atoms with Crippen LogP contribution in [0.2, 0.25) is 0 Å². The van der Waals surface area contributed by atoms with Crippen LogP contribution in [0.4, 0.5) is 5.82 Å². The highest BCUT2D eigenvalue weighted by atomic mass is 127. The van der Waals surface area contributed by atoms with E-state index in [-0.39, 0.29) is 0 Å². The molecule has 0 aliphatic rings. The minimum atomic E-state index is 0.498. The number of pyridine rings is 2. The monoisotopic (exact) mass is 327 g/mol. The SMILES string of the molecule is COc1cncc(-c2nc(N)ccc2I)c1. The molecule has 2 N–H and O–H groups in total. The predicted octanol–water partition coefficient (Wildman–Crippen LogP) is 2.34. The number of nitrogen functional groups attached to an aromatic ring is 1. The Morgan fingerprint density at radius 2 is 2.12 bits per heavy atom. The van der Waals surface area contributed by atoms with Crippen LogP contribution in [0.3, 0.4) is 0 Å². The molecule has 82 valence electrons. The molecule has 0 radical (unpaired) electrons. The van der Waals surface area contributed by atoms with Crippen LogP contribution in [0, 0.1) is 3.57 Å². The van der Waals surface area contributed by atoms with Crippen molar-refractivity contribution >= 4 is 28.4 Å². The highest BCUT2D eigenvalue weighted by Gasteiger charge is 2.06. The lowest BCUT2D eigenvalue weighted by molar-refractivity contribution is 0.413. The Hall–Kier alpha value is -1.37. The Kier molecular flexibility index (Phi) is 3.23. The first-order valence-corrected chi connectivity index (χ1v) is 5.70. The number of hydrogen-bond donors (Lipinski definition) is 1. The number of nitrogens with two attached hydrogens (primary N) is 1. The lowest BCUT2D eigenvalue weighted by Gasteiger charge is -2.06. The molecule has 0 aromatic carbocycles. The van der Waals surface area contributed by atoms with E-state index in [1.807, 2.05) is 12.1 Å². The lowest BCUT2D eigenvalue weighted by Crippen LogP contribution is -1.95. The second-order valence-electron chi connectivity index (χ2n) is 3.18. The first-order valence-electron chi connectivity index (χ1n) is 4.62. The fraction of sp³-hybridized carbons (Fsp3) is 0.0909. The molecule has 0 atom stereocenters. The zero-order valence-corrected chi connectivity index (χ0v) is 10.8. The molecule has 0 fully saturated rings. The van der Waals surface area contributed by atoms with Gasteiger partial charge in [-0.3, -0.25) is 4.98 Å². The summed E-state index contributed by atoms with van der Waals surface area (Å²) in [7, 11) is 1.61. The number of rotatable bonds is 2. The van der Waals surface area contributed by atoms with E-state index in [2.05, 4.69) is 32.6 Å². The molecule has 0 spiro atoms. The summed E-state index contributed by atoms with van der Waals surface area (Å²) >= 11 is 2.22. The molecular weight excluding hydrogens is 317 g/mol. The number of methoxy groups -OCH3 is 1. The molecule has 0 saturated carbocycles. The average Bonchev–Trinajstić information content (AvgIpc) is 2.32. The van der Waals surface area contributed by atoms with Crippen molar-refractivity contribution < 1.29 is 4.74 Å². The van der Waals surface area contributed by atoms with Crippen molar-refractivity contribution in [2.45, 2.75) is 0 Å². The van der Waals surface area contributed by atoms with Crippen molar-refractivity contribution in [3.63, 3.8) is 0 Å². The van der Waals surface area contributed by atoms with Crippen molar-refractivity contribution in [1.29, 1.82) is 0 Å². The summed E-state index contributed by atoms with van der Waals surface area (Å²) in [6, 6.07) is 5.59. The van der Waals surface area contributed by atoms with E-state index in [0.717, 1.165) is 14.8 Å². The average molecular weight is 327 g/mol. The Bertz CT molecular complexity index is 516. The van der Waals surface area contributed by atoms with Gasteiger partial charge in [-0.25, -0.2) is 4.98 Å². The summed E-state index contributed by atoms with van der Waals surface area (Å²) < 4.78 is 6.15. The van der Waals surface area contributed by atoms with Crippen molar-refractivity contribution in [3.05, 3.63) is 34.2 Å². The van der Waals surface area contributed by atoms with Crippen molar-refractivity contribution in [1.82, 2.24) is 9.97 Å². The number of nitrogens with zero attached hydrogens (tertiary/aromatic N) is 2. The second kappa shape index (κ2) is 4.65. The molecule has 0 aliphatic carbocycles. The molecule has 0 bridgehead atoms. The van der Waals surface area contributed by atoms with Gasteiger partial charge < -0.3 is 10.5 Å². The van der Waals surface area contributed by atoms with Crippen molar-refractivity contribution in [2.75, 3.05) is 12.8 Å². The normalized spacial score (nSPS) is 10.1. The molecule has 2 aromatic rings. The van der Waals surface area contributed by atoms with Crippen molar-refractivity contribution in [2.24, 2.45) is 0 Å². The van der Waals surface area contributed by atoms with Gasteiger partial charge in [-0.2, -0.15) is 0 Å². The third-order valence-corrected chi connectivity index (χ3v) is 2.96. The van der Waals surface area contributed by atoms with Crippen LogP contribution < -0.4 is 10.5 Å². The summed E-state index contributed by atoms with van der Waals surface area (Å²) in [5.74, 6) is 1.20. The first kappa shape index (κ1) is 11.1. The third kappa shape index (κ3) is 2.24. The minimum absolute atomic E-state index is 0.498. The molecule has 0 saturated heterocycles. The van der Waals surface area contributed by atoms with Crippen LogP contribution in [0.5, 0.6) is 5.75 Å². The van der Waals surface area contributed by atoms with Crippen molar-refractivity contribution in [3.8, 4) is 17.0 Å². The summed E-state index contributed by atoms with van der Waals surface area (Å²) in [6.07, 6.45) is 3.40. The van der Waals surface area contributed by atoms with E-state index in [1.54, 1.807) is 25.6 Å². The van der Waals surface area contributed by atoms with Gasteiger partial charge in [0.25, 0.3) is 0 Å². The van der Waals surface area contributed by atoms with E-state index in [1.165, 1.54) is 0 Å². The topological polar surface area (TPSA) is 61.0 Å². The van der Waals surface area contributed by atoms with Gasteiger partial charge in [0.15, 0.2) is 0 Å². The molecule has 2 aromatic heterocycles. The largest absolute Gasteiger partial charge is 0.495 e. The molecule has 0 aliphatic heterocycles. The van der Waals surface area contributed by atoms with Crippen LogP contribution >= 0.6 is 22.6 Å². The fourth-order valence-corrected chi connectivity index (χ4v) is 1.93. The molecular formula is C11H10IN3O. The molecule has 5 heteroatoms. The van der Waals surface area contributed by atoms with Gasteiger partial charge in [0.2, 0.25) is 0 Å². The number of aromatic nitrogens is 2. The van der Waals surface area contributed by atoms with E-state index in [4.69, 9.17) is 10.5 Å². The molecule has 2 rings (SSSR count). The summed E-state index contributed by atoms with van der Waals surface area (Å²) in [5.41, 5.74) is 7.39. The highest BCUT2D eigenvalue weighted by Crippen LogP contribution is 2.25. The quantitative estimate of drug-likeness (QED) is 0.860. The van der Waals surface area contributed by atoms with Crippen LogP contribution in [0.1, 0.15) is 0 Å². The molecule has 4 nitrogen and oxygen atoms in total. The van der Waals surface area contributed by atoms with Crippen LogP contribution in [-0.4, -0.2) is 17.1 Å². The van der Waals surface area contributed by atoms with Gasteiger partial charge in [0.1, 0.15) is 11.6 Å². The lowest BCUT2D eigenvalue weighted by atomic mass is 10.2. The smallest absolute Gasteiger partial charge is 0.137 e. The van der Waals surface area contributed by atoms with E-state index in [0.29, 0.717) is 11.6 Å². The fourth-order valence-electron chi connectivity index (χ4n) is 1.32. The van der Waals surface area contributed by atoms with E-state index in [9.17, 15) is 0 Å². The highest BCUT2D eigenvalue weighted by molar-refractivity contribution is 14.1. The van der Waals surface area contributed by atoms with E-state index >= 15 is 0 Å². The Balaban J connectivity index is 2.53. The van der Waals surface area contributed by atoms with E-state index < -0.39 is 0 Å². The maximum absolute atomic E-state index is 5.67. The van der Waals surface area contributed by atoms with Gasteiger partial charge in [-0.1, -0.05) is 0 Å². The minimum Gasteiger partial charge on any atom is -0.495 e. The third-order valence-electron chi connectivity index (χ3n) is 2.09. The summed E-state index contributed by atoms with van der Waals surface area (Å²) in [4.78, 5) is 8.39. The predicted molar refractivity (Wildman–Crippen MR) is 71.1 cm³/mol. The standard InChI is InChI=1S/C11H10IN3O/c1-16-8-4-7(5-14-6-8)11-9(12)2-3-10(13)15-11/h2-6H,1H3,(H2,13,15). The Labute approximate surface area is 107 Å². The summed E-state index contributed by atoms with van der Waals surface area (Å²) in [5, 5.41) is 0. The number of ether oxygens (including phenoxy) is 1. The number of hydrogen-bond acceptors (Lipinski definition) is 4. The van der Waals surface area contributed by atoms with Gasteiger partial charge in [0.05, 0.1) is 19.0 Å². The summed E-state index contributed by atoms with van der Waals surface area (Å²) in [6.45, 7) is 0. The molecule has 0 unspecified atom stereocenters. The molecule has 0 amide bonds. The zero-order chi connectivity index (χ0) is 11.5. The zero-order valence-electron chi connectivity index (χ0n) is 8.64. The maximum atomic E-state index is 5.67. The van der Waals surface area contributed by atoms with Crippen LogP contribution in [0.25, 0.3) is 11.3 Å². The second-order valence-corrected chi connectivity index (χ2v) is 4.34.